The van der Waals surface area contributed by atoms with Crippen LogP contribution in [0.3, 0.4) is 0 Å². The van der Waals surface area contributed by atoms with Crippen molar-refractivity contribution in [2.45, 2.75) is 90.3 Å². The molecule has 2 saturated heterocycles. The number of nitrogens with one attached hydrogen (secondary N) is 1. The van der Waals surface area contributed by atoms with Crippen molar-refractivity contribution in [3.63, 3.8) is 0 Å². The molecule has 1 aliphatic carbocycles. The molecule has 3 unspecified atom stereocenters. The van der Waals surface area contributed by atoms with Crippen LogP contribution >= 0.6 is 11.3 Å². The van der Waals surface area contributed by atoms with Gasteiger partial charge < -0.3 is 29.5 Å². The van der Waals surface area contributed by atoms with Crippen LogP contribution in [0, 0.1) is 18.3 Å². The molecule has 3 aromatic heterocycles. The van der Waals surface area contributed by atoms with Gasteiger partial charge in [0.05, 0.1) is 39.4 Å². The van der Waals surface area contributed by atoms with Gasteiger partial charge in [0.25, 0.3) is 0 Å². The summed E-state index contributed by atoms with van der Waals surface area (Å²) in [6, 6.07) is 24.4. The number of likely N-dealkylation sites (tertiary alicyclic amines) is 1. The number of fused-ring (bicyclic) bond motifs is 1. The summed E-state index contributed by atoms with van der Waals surface area (Å²) < 4.78 is 12.4. The molecule has 310 valence electrons. The molecule has 3 aliphatic rings. The zero-order valence-electron chi connectivity index (χ0n) is 34.5. The summed E-state index contributed by atoms with van der Waals surface area (Å²) in [7, 11) is 0. The maximum absolute atomic E-state index is 14.3. The number of carbonyl (C=O) groups excluding carboxylic acids is 2. The molecule has 1 saturated carbocycles. The van der Waals surface area contributed by atoms with Gasteiger partial charge >= 0.3 is 0 Å². The number of phenolic OH excluding ortho intramolecular Hbond substituents is 1. The van der Waals surface area contributed by atoms with Gasteiger partial charge in [-0.2, -0.15) is 0 Å². The summed E-state index contributed by atoms with van der Waals surface area (Å²) in [6.45, 7) is 10.3. The number of rotatable bonds is 11. The zero-order valence-corrected chi connectivity index (χ0v) is 35.3. The van der Waals surface area contributed by atoms with E-state index in [9.17, 15) is 14.7 Å². The third kappa shape index (κ3) is 7.82. The molecule has 1 spiro atoms. The highest BCUT2D eigenvalue weighted by Crippen LogP contribution is 2.51. The Morgan fingerprint density at radius 1 is 0.967 bits per heavy atom. The molecule has 3 fully saturated rings. The molecule has 2 N–H and O–H groups in total. The number of thiazole rings is 1. The minimum absolute atomic E-state index is 0.0476. The largest absolute Gasteiger partial charge is 0.507 e. The predicted octanol–water partition coefficient (Wildman–Crippen LogP) is 8.86. The average Bonchev–Trinajstić information content (AvgIpc) is 4.03. The van der Waals surface area contributed by atoms with E-state index in [0.717, 1.165) is 89.4 Å². The Morgan fingerprint density at radius 3 is 2.48 bits per heavy atom. The highest BCUT2D eigenvalue weighted by Gasteiger charge is 2.48. The van der Waals surface area contributed by atoms with E-state index in [1.165, 1.54) is 0 Å². The van der Waals surface area contributed by atoms with Gasteiger partial charge in [0, 0.05) is 36.7 Å². The van der Waals surface area contributed by atoms with Gasteiger partial charge in [-0.25, -0.2) is 4.98 Å². The fourth-order valence-corrected chi connectivity index (χ4v) is 10.2. The molecule has 0 radical (unpaired) electrons. The van der Waals surface area contributed by atoms with Crippen LogP contribution in [0.5, 0.6) is 11.5 Å². The van der Waals surface area contributed by atoms with Gasteiger partial charge in [-0.3, -0.25) is 9.59 Å². The third-order valence-corrected chi connectivity index (χ3v) is 13.9. The number of ether oxygens (including phenoxy) is 1. The van der Waals surface area contributed by atoms with Crippen LogP contribution in [0.4, 0.5) is 5.82 Å². The Hall–Kier alpha value is -5.82. The smallest absolute Gasteiger partial charge is 0.243 e. The number of aryl methyl sites for hydroxylation is 1. The van der Waals surface area contributed by atoms with Gasteiger partial charge in [-0.1, -0.05) is 55.4 Å². The zero-order chi connectivity index (χ0) is 41.5. The van der Waals surface area contributed by atoms with Crippen molar-refractivity contribution in [1.29, 1.82) is 0 Å². The lowest BCUT2D eigenvalue weighted by molar-refractivity contribution is -0.141. The quantitative estimate of drug-likeness (QED) is 0.130. The lowest BCUT2D eigenvalue weighted by atomic mass is 9.61. The lowest BCUT2D eigenvalue weighted by Crippen LogP contribution is -2.51. The average molecular weight is 826 g/mol. The van der Waals surface area contributed by atoms with E-state index in [4.69, 9.17) is 9.26 Å². The van der Waals surface area contributed by atoms with Gasteiger partial charge in [-0.15, -0.1) is 21.5 Å². The molecule has 6 aromatic rings. The van der Waals surface area contributed by atoms with Crippen molar-refractivity contribution in [3.05, 3.63) is 101 Å². The maximum Gasteiger partial charge on any atom is 0.243 e. The lowest BCUT2D eigenvalue weighted by Gasteiger charge is -2.51. The minimum atomic E-state index is -0.542. The molecule has 13 heteroatoms. The van der Waals surface area contributed by atoms with Crippen LogP contribution in [0.2, 0.25) is 0 Å². The number of hydrogen-bond acceptors (Lipinski definition) is 11. The Kier molecular flexibility index (Phi) is 10.8. The second-order valence-electron chi connectivity index (χ2n) is 17.2. The van der Waals surface area contributed by atoms with Crippen LogP contribution in [0.15, 0.2) is 88.9 Å². The first-order valence-electron chi connectivity index (χ1n) is 21.1. The third-order valence-electron chi connectivity index (χ3n) is 12.9. The van der Waals surface area contributed by atoms with Crippen molar-refractivity contribution in [2.75, 3.05) is 24.5 Å². The molecule has 60 heavy (non-hydrogen) atoms. The number of phenols is 1. The summed E-state index contributed by atoms with van der Waals surface area (Å²) in [6.07, 6.45) is 5.58. The first-order chi connectivity index (χ1) is 29.0. The molecule has 5 heterocycles. The molecule has 3 aromatic carbocycles. The summed E-state index contributed by atoms with van der Waals surface area (Å²) >= 11 is 1.62. The van der Waals surface area contributed by atoms with Gasteiger partial charge in [0.2, 0.25) is 11.8 Å². The predicted molar refractivity (Wildman–Crippen MR) is 232 cm³/mol. The minimum Gasteiger partial charge on any atom is -0.507 e. The van der Waals surface area contributed by atoms with Crippen molar-refractivity contribution < 1.29 is 24.0 Å². The molecule has 2 amide bonds. The van der Waals surface area contributed by atoms with Gasteiger partial charge in [0.15, 0.2) is 11.6 Å². The van der Waals surface area contributed by atoms with E-state index in [-0.39, 0.29) is 41.0 Å². The van der Waals surface area contributed by atoms with E-state index >= 15 is 0 Å². The SMILES string of the molecule is Cc1ncsc1-c1ccc(C(C)NC(=O)C2CCCN2C(=O)C(c2cc(N3CCC4(CC3)CC(Oc3ccc5nnc(-c6ccccc6O)cc5c3)C4)no2)C(C)C)cc1. The fourth-order valence-electron chi connectivity index (χ4n) is 9.41. The van der Waals surface area contributed by atoms with E-state index < -0.39 is 12.0 Å². The molecule has 9 rings (SSSR count). The topological polar surface area (TPSA) is 147 Å². The number of benzene rings is 3. The number of aromatic nitrogens is 4. The number of piperidine rings is 1. The molecule has 3 atom stereocenters. The summed E-state index contributed by atoms with van der Waals surface area (Å²) in [5.41, 5.74) is 7.24. The monoisotopic (exact) mass is 825 g/mol. The number of aromatic hydroxyl groups is 1. The number of carbonyl (C=O) groups is 2. The van der Waals surface area contributed by atoms with Gasteiger partial charge in [-0.05, 0) is 111 Å². The summed E-state index contributed by atoms with van der Waals surface area (Å²) in [4.78, 5) is 37.5. The number of hydrogen-bond donors (Lipinski definition) is 2. The van der Waals surface area contributed by atoms with Crippen LogP contribution in [0.1, 0.15) is 88.3 Å². The van der Waals surface area contributed by atoms with E-state index in [0.29, 0.717) is 30.0 Å². The second kappa shape index (κ2) is 16.3. The number of amides is 2. The van der Waals surface area contributed by atoms with Crippen molar-refractivity contribution in [2.24, 2.45) is 11.3 Å². The Bertz CT molecular complexity index is 2500. The second-order valence-corrected chi connectivity index (χ2v) is 18.1. The molecule has 2 aliphatic heterocycles. The molecule has 12 nitrogen and oxygen atoms in total. The number of anilines is 1. The molecule has 0 bridgehead atoms. The molecular formula is C47H51N7O5S. The van der Waals surface area contributed by atoms with Crippen molar-refractivity contribution >= 4 is 39.9 Å². The van der Waals surface area contributed by atoms with Gasteiger partial charge in [0.1, 0.15) is 23.5 Å². The Balaban J connectivity index is 0.787. The number of para-hydroxylation sites is 1. The number of nitrogens with zero attached hydrogens (tertiary/aromatic N) is 6. The van der Waals surface area contributed by atoms with Crippen LogP contribution < -0.4 is 15.0 Å². The van der Waals surface area contributed by atoms with E-state index in [1.54, 1.807) is 28.4 Å². The Labute approximate surface area is 354 Å². The van der Waals surface area contributed by atoms with Crippen LogP contribution in [-0.4, -0.2) is 73.9 Å². The summed E-state index contributed by atoms with van der Waals surface area (Å²) in [5, 5.41) is 27.6. The fraction of sp³-hybridized carbons (Fsp3) is 0.404. The first-order valence-corrected chi connectivity index (χ1v) is 22.0. The standard InChI is InChI=1S/C47H51N7O5S/c1-28(2)43(46(57)54-19-7-9-39(54)45(56)49-29(3)31-11-13-32(14-12-31)44-30(4)48-27-60-44)41-24-42(52-59-41)53-20-17-47(18-21-53)25-35(26-47)58-34-15-16-37-33(22-34)23-38(51-50-37)36-8-5-6-10-40(36)55/h5-6,8,10-16,22-24,27-29,35,39,43,55H,7,9,17-21,25-26H2,1-4H3,(H,49,56). The highest BCUT2D eigenvalue weighted by molar-refractivity contribution is 7.13. The molecular weight excluding hydrogens is 775 g/mol. The highest BCUT2D eigenvalue weighted by atomic mass is 32.1. The van der Waals surface area contributed by atoms with Crippen molar-refractivity contribution in [1.82, 2.24) is 30.6 Å². The van der Waals surface area contributed by atoms with Crippen LogP contribution in [0.25, 0.3) is 32.6 Å². The van der Waals surface area contributed by atoms with Crippen molar-refractivity contribution in [3.8, 4) is 33.2 Å². The first kappa shape index (κ1) is 39.6. The normalized spacial score (nSPS) is 18.8. The van der Waals surface area contributed by atoms with E-state index in [2.05, 4.69) is 42.7 Å². The van der Waals surface area contributed by atoms with E-state index in [1.807, 2.05) is 87.8 Å². The summed E-state index contributed by atoms with van der Waals surface area (Å²) in [5.74, 6) is 1.47. The maximum atomic E-state index is 14.3. The van der Waals surface area contributed by atoms with Crippen LogP contribution in [-0.2, 0) is 9.59 Å². The Morgan fingerprint density at radius 2 is 1.75 bits per heavy atom.